The summed E-state index contributed by atoms with van der Waals surface area (Å²) < 4.78 is 5.14. The summed E-state index contributed by atoms with van der Waals surface area (Å²) in [5.41, 5.74) is 1.20. The van der Waals surface area contributed by atoms with Crippen LogP contribution in [-0.2, 0) is 11.2 Å². The maximum atomic E-state index is 12.3. The number of Topliss-reactive ketones (excluding diaryl/α,β-unsaturated/α-hetero) is 1. The summed E-state index contributed by atoms with van der Waals surface area (Å²) in [5.74, 6) is 2.23. The summed E-state index contributed by atoms with van der Waals surface area (Å²) >= 11 is 3.78. The summed E-state index contributed by atoms with van der Waals surface area (Å²) in [4.78, 5) is 12.3. The van der Waals surface area contributed by atoms with Gasteiger partial charge in [-0.2, -0.15) is 11.8 Å². The Morgan fingerprint density at radius 1 is 1.25 bits per heavy atom. The molecule has 3 unspecified atom stereocenters. The summed E-state index contributed by atoms with van der Waals surface area (Å²) in [6, 6.07) is 7.99. The molecule has 1 heterocycles. The summed E-state index contributed by atoms with van der Waals surface area (Å²) in [6.45, 7) is 4.48. The number of aryl methyl sites for hydroxylation is 1. The number of rotatable bonds is 5. The highest BCUT2D eigenvalue weighted by Crippen LogP contribution is 2.36. The van der Waals surface area contributed by atoms with Gasteiger partial charge in [0.2, 0.25) is 0 Å². The van der Waals surface area contributed by atoms with Crippen molar-refractivity contribution < 1.29 is 9.53 Å². The van der Waals surface area contributed by atoms with Gasteiger partial charge in [-0.25, -0.2) is 0 Å². The van der Waals surface area contributed by atoms with E-state index in [2.05, 4.69) is 13.8 Å². The van der Waals surface area contributed by atoms with Crippen LogP contribution < -0.4 is 4.74 Å². The van der Waals surface area contributed by atoms with Crippen molar-refractivity contribution in [1.29, 1.82) is 0 Å². The van der Waals surface area contributed by atoms with E-state index in [0.29, 0.717) is 22.7 Å². The van der Waals surface area contributed by atoms with Crippen LogP contribution in [0.15, 0.2) is 24.3 Å². The highest BCUT2D eigenvalue weighted by molar-refractivity contribution is 8.08. The minimum Gasteiger partial charge on any atom is -0.497 e. The molecular formula is C16H22O2S2. The van der Waals surface area contributed by atoms with Gasteiger partial charge in [-0.3, -0.25) is 4.79 Å². The number of carbonyl (C=O) groups is 1. The number of benzene rings is 1. The SMILES string of the molecule is COc1ccc(CCC(=O)C2CSC(C)C(C)S2)cc1. The van der Waals surface area contributed by atoms with Crippen LogP contribution in [0, 0.1) is 0 Å². The van der Waals surface area contributed by atoms with Crippen molar-refractivity contribution in [1.82, 2.24) is 0 Å². The van der Waals surface area contributed by atoms with Gasteiger partial charge in [0.05, 0.1) is 12.4 Å². The number of methoxy groups -OCH3 is 1. The van der Waals surface area contributed by atoms with Crippen LogP contribution in [-0.4, -0.2) is 34.4 Å². The van der Waals surface area contributed by atoms with Crippen molar-refractivity contribution in [2.24, 2.45) is 0 Å². The zero-order chi connectivity index (χ0) is 14.5. The van der Waals surface area contributed by atoms with Crippen LogP contribution in [0.3, 0.4) is 0 Å². The summed E-state index contributed by atoms with van der Waals surface area (Å²) in [7, 11) is 1.67. The Bertz CT molecular complexity index is 444. The molecule has 0 N–H and O–H groups in total. The smallest absolute Gasteiger partial charge is 0.146 e. The molecule has 1 aromatic rings. The lowest BCUT2D eigenvalue weighted by Gasteiger charge is -2.30. The van der Waals surface area contributed by atoms with E-state index in [4.69, 9.17) is 4.74 Å². The Hall–Kier alpha value is -0.610. The van der Waals surface area contributed by atoms with E-state index in [1.54, 1.807) is 7.11 Å². The van der Waals surface area contributed by atoms with E-state index in [0.717, 1.165) is 17.9 Å². The van der Waals surface area contributed by atoms with Crippen LogP contribution in [0.2, 0.25) is 0 Å². The number of ketones is 1. The van der Waals surface area contributed by atoms with Crippen LogP contribution in [0.4, 0.5) is 0 Å². The maximum Gasteiger partial charge on any atom is 0.146 e. The number of hydrogen-bond donors (Lipinski definition) is 0. The molecule has 2 rings (SSSR count). The van der Waals surface area contributed by atoms with Crippen LogP contribution in [0.5, 0.6) is 5.75 Å². The minimum absolute atomic E-state index is 0.185. The summed E-state index contributed by atoms with van der Waals surface area (Å²) in [5, 5.41) is 1.42. The minimum atomic E-state index is 0.185. The molecular weight excluding hydrogens is 288 g/mol. The first-order valence-corrected chi connectivity index (χ1v) is 9.02. The molecule has 20 heavy (non-hydrogen) atoms. The molecule has 3 atom stereocenters. The first-order valence-electron chi connectivity index (χ1n) is 7.03. The maximum absolute atomic E-state index is 12.3. The van der Waals surface area contributed by atoms with Gasteiger partial charge in [-0.1, -0.05) is 26.0 Å². The number of ether oxygens (including phenoxy) is 1. The van der Waals surface area contributed by atoms with Gasteiger partial charge in [0.15, 0.2) is 0 Å². The van der Waals surface area contributed by atoms with Crippen molar-refractivity contribution in [3.8, 4) is 5.75 Å². The lowest BCUT2D eigenvalue weighted by atomic mass is 10.1. The third-order valence-electron chi connectivity index (χ3n) is 3.73. The zero-order valence-electron chi connectivity index (χ0n) is 12.3. The average Bonchev–Trinajstić information content (AvgIpc) is 2.48. The molecule has 1 aliphatic heterocycles. The second-order valence-corrected chi connectivity index (χ2v) is 8.18. The van der Waals surface area contributed by atoms with Crippen LogP contribution in [0.1, 0.15) is 25.8 Å². The van der Waals surface area contributed by atoms with Crippen molar-refractivity contribution in [2.45, 2.75) is 42.4 Å². The van der Waals surface area contributed by atoms with E-state index in [1.165, 1.54) is 5.56 Å². The molecule has 0 radical (unpaired) electrons. The largest absolute Gasteiger partial charge is 0.497 e. The van der Waals surface area contributed by atoms with Gasteiger partial charge in [0, 0.05) is 22.7 Å². The summed E-state index contributed by atoms with van der Waals surface area (Å²) in [6.07, 6.45) is 1.47. The molecule has 4 heteroatoms. The first-order chi connectivity index (χ1) is 9.60. The van der Waals surface area contributed by atoms with Crippen molar-refractivity contribution in [3.63, 3.8) is 0 Å². The predicted molar refractivity (Wildman–Crippen MR) is 89.1 cm³/mol. The topological polar surface area (TPSA) is 26.3 Å². The quantitative estimate of drug-likeness (QED) is 0.826. The van der Waals surface area contributed by atoms with Crippen molar-refractivity contribution in [2.75, 3.05) is 12.9 Å². The van der Waals surface area contributed by atoms with E-state index in [-0.39, 0.29) is 5.25 Å². The highest BCUT2D eigenvalue weighted by atomic mass is 32.2. The van der Waals surface area contributed by atoms with Gasteiger partial charge in [0.25, 0.3) is 0 Å². The van der Waals surface area contributed by atoms with Crippen LogP contribution in [0.25, 0.3) is 0 Å². The molecule has 1 saturated heterocycles. The lowest BCUT2D eigenvalue weighted by molar-refractivity contribution is -0.118. The van der Waals surface area contributed by atoms with Gasteiger partial charge >= 0.3 is 0 Å². The van der Waals surface area contributed by atoms with Crippen molar-refractivity contribution >= 4 is 29.3 Å². The lowest BCUT2D eigenvalue weighted by Crippen LogP contribution is -2.31. The van der Waals surface area contributed by atoms with Gasteiger partial charge in [-0.05, 0) is 24.1 Å². The monoisotopic (exact) mass is 310 g/mol. The number of thioether (sulfide) groups is 2. The molecule has 0 bridgehead atoms. The van der Waals surface area contributed by atoms with Crippen molar-refractivity contribution in [3.05, 3.63) is 29.8 Å². The molecule has 0 aliphatic carbocycles. The molecule has 0 aromatic heterocycles. The predicted octanol–water partition coefficient (Wildman–Crippen LogP) is 3.82. The zero-order valence-corrected chi connectivity index (χ0v) is 13.9. The van der Waals surface area contributed by atoms with E-state index < -0.39 is 0 Å². The Kier molecular flexibility index (Phi) is 5.85. The molecule has 0 saturated carbocycles. The van der Waals surface area contributed by atoms with Crippen LogP contribution >= 0.6 is 23.5 Å². The molecule has 1 aliphatic rings. The fourth-order valence-electron chi connectivity index (χ4n) is 2.17. The molecule has 0 spiro atoms. The molecule has 110 valence electrons. The fraction of sp³-hybridized carbons (Fsp3) is 0.562. The molecule has 2 nitrogen and oxygen atoms in total. The molecule has 1 aromatic carbocycles. The first kappa shape index (κ1) is 15.8. The Morgan fingerprint density at radius 3 is 2.55 bits per heavy atom. The second-order valence-electron chi connectivity index (χ2n) is 5.18. The standard InChI is InChI=1S/C16H22O2S2/c1-11-12(2)20-16(10-19-11)15(17)9-6-13-4-7-14(18-3)8-5-13/h4-5,7-8,11-12,16H,6,9-10H2,1-3H3. The Balaban J connectivity index is 1.82. The molecule has 1 fully saturated rings. The third-order valence-corrected chi connectivity index (χ3v) is 7.17. The number of carbonyl (C=O) groups excluding carboxylic acids is 1. The van der Waals surface area contributed by atoms with Gasteiger partial charge in [-0.15, -0.1) is 11.8 Å². The Morgan fingerprint density at radius 2 is 1.95 bits per heavy atom. The van der Waals surface area contributed by atoms with E-state index in [9.17, 15) is 4.79 Å². The van der Waals surface area contributed by atoms with E-state index in [1.807, 2.05) is 47.8 Å². The second kappa shape index (κ2) is 7.41. The van der Waals surface area contributed by atoms with Gasteiger partial charge < -0.3 is 4.74 Å². The third kappa shape index (κ3) is 4.19. The van der Waals surface area contributed by atoms with Gasteiger partial charge in [0.1, 0.15) is 11.5 Å². The Labute approximate surface area is 130 Å². The average molecular weight is 310 g/mol. The number of hydrogen-bond acceptors (Lipinski definition) is 4. The normalized spacial score (nSPS) is 26.2. The molecule has 0 amide bonds. The highest BCUT2D eigenvalue weighted by Gasteiger charge is 2.29. The fourth-order valence-corrected chi connectivity index (χ4v) is 5.10. The van der Waals surface area contributed by atoms with E-state index >= 15 is 0 Å².